The molecular weight excluding hydrogens is 382 g/mol. The molecule has 0 amide bonds. The second-order valence-corrected chi connectivity index (χ2v) is 7.96. The molecule has 0 fully saturated rings. The van der Waals surface area contributed by atoms with Gasteiger partial charge in [-0.25, -0.2) is 0 Å². The van der Waals surface area contributed by atoms with E-state index in [0.29, 0.717) is 6.42 Å². The molecule has 0 bridgehead atoms. The molecule has 0 aliphatic rings. The second kappa shape index (κ2) is 9.05. The van der Waals surface area contributed by atoms with E-state index in [9.17, 15) is 4.79 Å². The number of anilines is 1. The Bertz CT molecular complexity index is 1210. The summed E-state index contributed by atoms with van der Waals surface area (Å²) >= 11 is 0. The standard InChI is InChI=1S/C28H27NO2/c1-19-8-13-25(16-20(19)2)29-27(22-11-14-26(31-3)15-12-22)18-28(30)24-10-9-21-6-4-5-7-23(21)17-24/h4-17,27,29H,18H2,1-3H3. The highest BCUT2D eigenvalue weighted by Gasteiger charge is 2.18. The number of Topliss-reactive ketones (excluding diaryl/α,β-unsaturated/α-hetero) is 1. The first-order valence-electron chi connectivity index (χ1n) is 10.5. The maximum Gasteiger partial charge on any atom is 0.165 e. The number of carbonyl (C=O) groups is 1. The molecule has 31 heavy (non-hydrogen) atoms. The maximum absolute atomic E-state index is 13.2. The maximum atomic E-state index is 13.2. The van der Waals surface area contributed by atoms with Crippen LogP contribution in [-0.2, 0) is 0 Å². The zero-order chi connectivity index (χ0) is 21.8. The number of methoxy groups -OCH3 is 1. The number of hydrogen-bond donors (Lipinski definition) is 1. The van der Waals surface area contributed by atoms with Crippen LogP contribution in [0.3, 0.4) is 0 Å². The van der Waals surface area contributed by atoms with Crippen LogP contribution in [0.2, 0.25) is 0 Å². The number of rotatable bonds is 7. The molecule has 0 aromatic heterocycles. The Labute approximate surface area is 183 Å². The first kappa shape index (κ1) is 20.7. The van der Waals surface area contributed by atoms with Crippen molar-refractivity contribution in [3.8, 4) is 5.75 Å². The van der Waals surface area contributed by atoms with E-state index < -0.39 is 0 Å². The Morgan fingerprint density at radius 2 is 1.58 bits per heavy atom. The van der Waals surface area contributed by atoms with Gasteiger partial charge < -0.3 is 10.1 Å². The molecule has 3 nitrogen and oxygen atoms in total. The summed E-state index contributed by atoms with van der Waals surface area (Å²) in [5, 5.41) is 5.80. The van der Waals surface area contributed by atoms with Gasteiger partial charge in [0, 0.05) is 17.7 Å². The molecule has 1 unspecified atom stereocenters. The lowest BCUT2D eigenvalue weighted by molar-refractivity contribution is 0.0976. The van der Waals surface area contributed by atoms with Gasteiger partial charge in [0.15, 0.2) is 5.78 Å². The fourth-order valence-electron chi connectivity index (χ4n) is 3.79. The van der Waals surface area contributed by atoms with E-state index >= 15 is 0 Å². The Balaban J connectivity index is 1.63. The summed E-state index contributed by atoms with van der Waals surface area (Å²) in [6.07, 6.45) is 0.359. The van der Waals surface area contributed by atoms with Gasteiger partial charge in [-0.3, -0.25) is 4.79 Å². The fourth-order valence-corrected chi connectivity index (χ4v) is 3.79. The molecule has 0 radical (unpaired) electrons. The summed E-state index contributed by atoms with van der Waals surface area (Å²) in [6, 6.07) is 28.1. The molecule has 1 atom stereocenters. The number of nitrogens with one attached hydrogen (secondary N) is 1. The molecule has 0 saturated heterocycles. The predicted molar refractivity (Wildman–Crippen MR) is 128 cm³/mol. The van der Waals surface area contributed by atoms with Gasteiger partial charge in [0.25, 0.3) is 0 Å². The van der Waals surface area contributed by atoms with Crippen LogP contribution in [0.25, 0.3) is 10.8 Å². The van der Waals surface area contributed by atoms with E-state index in [1.54, 1.807) is 7.11 Å². The third kappa shape index (κ3) is 4.77. The Morgan fingerprint density at radius 1 is 0.839 bits per heavy atom. The van der Waals surface area contributed by atoms with E-state index in [0.717, 1.165) is 33.3 Å². The van der Waals surface area contributed by atoms with Gasteiger partial charge in [-0.1, -0.05) is 54.6 Å². The van der Waals surface area contributed by atoms with Crippen molar-refractivity contribution >= 4 is 22.2 Å². The van der Waals surface area contributed by atoms with Gasteiger partial charge in [0.1, 0.15) is 5.75 Å². The predicted octanol–water partition coefficient (Wildman–Crippen LogP) is 6.89. The third-order valence-corrected chi connectivity index (χ3v) is 5.83. The number of ketones is 1. The largest absolute Gasteiger partial charge is 0.497 e. The van der Waals surface area contributed by atoms with Gasteiger partial charge in [0.2, 0.25) is 0 Å². The van der Waals surface area contributed by atoms with Gasteiger partial charge in [-0.05, 0) is 71.6 Å². The van der Waals surface area contributed by atoms with Gasteiger partial charge in [-0.2, -0.15) is 0 Å². The van der Waals surface area contributed by atoms with E-state index in [-0.39, 0.29) is 11.8 Å². The number of hydrogen-bond acceptors (Lipinski definition) is 3. The minimum Gasteiger partial charge on any atom is -0.497 e. The monoisotopic (exact) mass is 409 g/mol. The highest BCUT2D eigenvalue weighted by molar-refractivity contribution is 6.00. The number of carbonyl (C=O) groups excluding carboxylic acids is 1. The van der Waals surface area contributed by atoms with Crippen LogP contribution in [-0.4, -0.2) is 12.9 Å². The number of benzene rings is 4. The van der Waals surface area contributed by atoms with E-state index in [1.165, 1.54) is 11.1 Å². The van der Waals surface area contributed by atoms with Crippen LogP contribution >= 0.6 is 0 Å². The van der Waals surface area contributed by atoms with E-state index in [4.69, 9.17) is 4.74 Å². The number of ether oxygens (including phenoxy) is 1. The normalized spacial score (nSPS) is 11.8. The Morgan fingerprint density at radius 3 is 2.29 bits per heavy atom. The molecule has 0 heterocycles. The Kier molecular flexibility index (Phi) is 6.03. The third-order valence-electron chi connectivity index (χ3n) is 5.83. The van der Waals surface area contributed by atoms with Gasteiger partial charge in [0.05, 0.1) is 13.2 Å². The molecule has 0 saturated carbocycles. The van der Waals surface area contributed by atoms with Crippen molar-refractivity contribution in [1.29, 1.82) is 0 Å². The highest BCUT2D eigenvalue weighted by atomic mass is 16.5. The molecule has 3 heteroatoms. The minimum absolute atomic E-state index is 0.114. The summed E-state index contributed by atoms with van der Waals surface area (Å²) < 4.78 is 5.30. The van der Waals surface area contributed by atoms with E-state index in [1.807, 2.05) is 60.7 Å². The van der Waals surface area contributed by atoms with Crippen LogP contribution in [0.4, 0.5) is 5.69 Å². The molecule has 1 N–H and O–H groups in total. The van der Waals surface area contributed by atoms with Crippen LogP contribution < -0.4 is 10.1 Å². The van der Waals surface area contributed by atoms with Crippen LogP contribution in [0.5, 0.6) is 5.75 Å². The SMILES string of the molecule is COc1ccc(C(CC(=O)c2ccc3ccccc3c2)Nc2ccc(C)c(C)c2)cc1. The summed E-state index contributed by atoms with van der Waals surface area (Å²) in [5.74, 6) is 0.914. The summed E-state index contributed by atoms with van der Waals surface area (Å²) in [7, 11) is 1.66. The van der Waals surface area contributed by atoms with Crippen molar-refractivity contribution < 1.29 is 9.53 Å². The fraction of sp³-hybridized carbons (Fsp3) is 0.179. The number of fused-ring (bicyclic) bond motifs is 1. The van der Waals surface area contributed by atoms with Crippen molar-refractivity contribution in [3.63, 3.8) is 0 Å². The second-order valence-electron chi connectivity index (χ2n) is 7.96. The van der Waals surface area contributed by atoms with Crippen molar-refractivity contribution in [1.82, 2.24) is 0 Å². The molecule has 4 aromatic rings. The minimum atomic E-state index is -0.146. The highest BCUT2D eigenvalue weighted by Crippen LogP contribution is 2.28. The van der Waals surface area contributed by atoms with Crippen LogP contribution in [0.1, 0.15) is 39.5 Å². The van der Waals surface area contributed by atoms with Crippen molar-refractivity contribution in [2.75, 3.05) is 12.4 Å². The first-order chi connectivity index (χ1) is 15.0. The van der Waals surface area contributed by atoms with Crippen LogP contribution in [0.15, 0.2) is 84.9 Å². The zero-order valence-corrected chi connectivity index (χ0v) is 18.2. The van der Waals surface area contributed by atoms with Gasteiger partial charge >= 0.3 is 0 Å². The summed E-state index contributed by atoms with van der Waals surface area (Å²) in [6.45, 7) is 4.20. The average Bonchev–Trinajstić information content (AvgIpc) is 2.80. The number of aryl methyl sites for hydroxylation is 2. The lowest BCUT2D eigenvalue weighted by Crippen LogP contribution is -2.16. The van der Waals surface area contributed by atoms with Crippen molar-refractivity contribution in [3.05, 3.63) is 107 Å². The van der Waals surface area contributed by atoms with E-state index in [2.05, 4.69) is 43.4 Å². The topological polar surface area (TPSA) is 38.3 Å². The molecule has 0 aliphatic carbocycles. The van der Waals surface area contributed by atoms with Gasteiger partial charge in [-0.15, -0.1) is 0 Å². The lowest BCUT2D eigenvalue weighted by Gasteiger charge is -2.21. The molecule has 156 valence electrons. The van der Waals surface area contributed by atoms with Crippen LogP contribution in [0, 0.1) is 13.8 Å². The molecule has 4 aromatic carbocycles. The smallest absolute Gasteiger partial charge is 0.165 e. The molecule has 0 spiro atoms. The quantitative estimate of drug-likeness (QED) is 0.338. The molecular formula is C28H27NO2. The molecule has 0 aliphatic heterocycles. The first-order valence-corrected chi connectivity index (χ1v) is 10.5. The lowest BCUT2D eigenvalue weighted by atomic mass is 9.96. The zero-order valence-electron chi connectivity index (χ0n) is 18.2. The van der Waals surface area contributed by atoms with Crippen molar-refractivity contribution in [2.45, 2.75) is 26.3 Å². The Hall–Kier alpha value is -3.59. The average molecular weight is 410 g/mol. The summed E-state index contributed by atoms with van der Waals surface area (Å²) in [4.78, 5) is 13.2. The van der Waals surface area contributed by atoms with Crippen molar-refractivity contribution in [2.24, 2.45) is 0 Å². The molecule has 4 rings (SSSR count). The summed E-state index contributed by atoms with van der Waals surface area (Å²) in [5.41, 5.74) is 5.26.